The Labute approximate surface area is 247 Å². The molecular formula is C32H44FN7O2. The molecule has 3 heterocycles. The smallest absolute Gasteiger partial charge is 0.270 e. The fourth-order valence-corrected chi connectivity index (χ4v) is 7.29. The number of amides is 2. The summed E-state index contributed by atoms with van der Waals surface area (Å²) < 4.78 is 17.0. The zero-order valence-corrected chi connectivity index (χ0v) is 25.1. The Morgan fingerprint density at radius 3 is 2.29 bits per heavy atom. The van der Waals surface area contributed by atoms with Crippen molar-refractivity contribution in [2.24, 2.45) is 17.8 Å². The second-order valence-corrected chi connectivity index (χ2v) is 11.9. The van der Waals surface area contributed by atoms with Crippen molar-refractivity contribution in [2.75, 3.05) is 5.32 Å². The molecule has 3 N–H and O–H groups in total. The summed E-state index contributed by atoms with van der Waals surface area (Å²) in [6.07, 6.45) is 13.5. The van der Waals surface area contributed by atoms with Gasteiger partial charge in [-0.25, -0.2) is 4.98 Å². The van der Waals surface area contributed by atoms with E-state index in [1.54, 1.807) is 29.1 Å². The molecule has 1 atom stereocenters. The SMILES string of the molecule is CCc1[nH]nc(C)c1-c1ccc(NC(=O)[C@@H](NC(=O)c2ccnn2CC)C(C2CCCCC2)C2CCCCC2)nc1F. The summed E-state index contributed by atoms with van der Waals surface area (Å²) in [4.78, 5) is 31.9. The van der Waals surface area contributed by atoms with Gasteiger partial charge in [-0.1, -0.05) is 71.1 Å². The van der Waals surface area contributed by atoms with Gasteiger partial charge in [0.15, 0.2) is 0 Å². The molecule has 2 saturated carbocycles. The number of halogens is 1. The standard InChI is InChI=1S/C32H44FN7O2/c1-4-24-27(20(3)38-39-24)23-16-17-26(35-30(23)33)36-32(42)29(37-31(41)25-18-19-34-40(25)5-2)28(21-12-8-6-9-13-21)22-14-10-7-11-15-22/h16-19,21-22,28-29H,4-15H2,1-3H3,(H,37,41)(H,38,39)(H,35,36,42)/t29-/m0/s1. The molecular weight excluding hydrogens is 533 g/mol. The van der Waals surface area contributed by atoms with E-state index in [4.69, 9.17) is 0 Å². The number of nitrogens with zero attached hydrogens (tertiary/aromatic N) is 4. The number of aromatic amines is 1. The predicted octanol–water partition coefficient (Wildman–Crippen LogP) is 6.21. The van der Waals surface area contributed by atoms with Crippen molar-refractivity contribution in [3.8, 4) is 11.1 Å². The van der Waals surface area contributed by atoms with E-state index in [1.165, 1.54) is 12.8 Å². The molecule has 0 saturated heterocycles. The molecule has 42 heavy (non-hydrogen) atoms. The number of H-pyrrole nitrogens is 1. The van der Waals surface area contributed by atoms with Crippen LogP contribution in [0.4, 0.5) is 10.2 Å². The van der Waals surface area contributed by atoms with Crippen LogP contribution in [0.3, 0.4) is 0 Å². The molecule has 5 rings (SSSR count). The Kier molecular flexibility index (Phi) is 9.69. The van der Waals surface area contributed by atoms with Crippen molar-refractivity contribution < 1.29 is 14.0 Å². The van der Waals surface area contributed by atoms with E-state index in [-0.39, 0.29) is 23.6 Å². The number of anilines is 1. The first-order valence-corrected chi connectivity index (χ1v) is 15.8. The van der Waals surface area contributed by atoms with E-state index >= 15 is 4.39 Å². The van der Waals surface area contributed by atoms with Gasteiger partial charge in [-0.15, -0.1) is 0 Å². The van der Waals surface area contributed by atoms with Gasteiger partial charge in [-0.2, -0.15) is 14.6 Å². The first-order chi connectivity index (χ1) is 20.4. The minimum Gasteiger partial charge on any atom is -0.339 e. The van der Waals surface area contributed by atoms with Crippen LogP contribution in [0, 0.1) is 30.6 Å². The number of hydrogen-bond acceptors (Lipinski definition) is 5. The van der Waals surface area contributed by atoms with Crippen LogP contribution < -0.4 is 10.6 Å². The highest BCUT2D eigenvalue weighted by molar-refractivity contribution is 6.00. The maximum atomic E-state index is 15.4. The molecule has 0 aromatic carbocycles. The third-order valence-electron chi connectivity index (χ3n) is 9.34. The van der Waals surface area contributed by atoms with E-state index in [1.807, 2.05) is 20.8 Å². The number of rotatable bonds is 10. The Hall–Kier alpha value is -3.56. The topological polar surface area (TPSA) is 118 Å². The van der Waals surface area contributed by atoms with Gasteiger partial charge in [0.25, 0.3) is 5.91 Å². The van der Waals surface area contributed by atoms with Crippen LogP contribution in [0.2, 0.25) is 0 Å². The highest BCUT2D eigenvalue weighted by Gasteiger charge is 2.41. The Morgan fingerprint density at radius 2 is 1.69 bits per heavy atom. The van der Waals surface area contributed by atoms with Crippen LogP contribution in [0.5, 0.6) is 0 Å². The van der Waals surface area contributed by atoms with Gasteiger partial charge >= 0.3 is 0 Å². The van der Waals surface area contributed by atoms with E-state index in [2.05, 4.69) is 30.9 Å². The summed E-state index contributed by atoms with van der Waals surface area (Å²) >= 11 is 0. The average Bonchev–Trinajstić information content (AvgIpc) is 3.64. The van der Waals surface area contributed by atoms with Crippen LogP contribution >= 0.6 is 0 Å². The van der Waals surface area contributed by atoms with E-state index in [0.717, 1.165) is 57.1 Å². The molecule has 226 valence electrons. The summed E-state index contributed by atoms with van der Waals surface area (Å²) in [5, 5.41) is 17.5. The number of carbonyl (C=O) groups is 2. The predicted molar refractivity (Wildman–Crippen MR) is 160 cm³/mol. The van der Waals surface area contributed by atoms with Gasteiger partial charge in [-0.05, 0) is 56.2 Å². The molecule has 2 amide bonds. The largest absolute Gasteiger partial charge is 0.339 e. The summed E-state index contributed by atoms with van der Waals surface area (Å²) in [7, 11) is 0. The molecule has 2 aliphatic carbocycles. The minimum atomic E-state index is -0.767. The number of hydrogen-bond donors (Lipinski definition) is 3. The fourth-order valence-electron chi connectivity index (χ4n) is 7.29. The Morgan fingerprint density at radius 1 is 1.02 bits per heavy atom. The molecule has 3 aromatic heterocycles. The highest BCUT2D eigenvalue weighted by atomic mass is 19.1. The zero-order valence-electron chi connectivity index (χ0n) is 25.1. The first kappa shape index (κ1) is 29.9. The maximum absolute atomic E-state index is 15.4. The van der Waals surface area contributed by atoms with Crippen molar-refractivity contribution in [3.63, 3.8) is 0 Å². The second-order valence-electron chi connectivity index (χ2n) is 11.9. The van der Waals surface area contributed by atoms with Crippen molar-refractivity contribution in [3.05, 3.63) is 47.4 Å². The van der Waals surface area contributed by atoms with Crippen LogP contribution in [0.15, 0.2) is 24.4 Å². The summed E-state index contributed by atoms with van der Waals surface area (Å²) in [5.74, 6) is -0.518. The lowest BCUT2D eigenvalue weighted by molar-refractivity contribution is -0.121. The maximum Gasteiger partial charge on any atom is 0.270 e. The Bertz CT molecular complexity index is 1350. The molecule has 0 unspecified atom stereocenters. The molecule has 9 nitrogen and oxygen atoms in total. The van der Waals surface area contributed by atoms with Crippen LogP contribution in [-0.4, -0.2) is 42.8 Å². The molecule has 2 aliphatic rings. The fraction of sp³-hybridized carbons (Fsp3) is 0.594. The van der Waals surface area contributed by atoms with Gasteiger partial charge in [0.2, 0.25) is 11.9 Å². The third-order valence-corrected chi connectivity index (χ3v) is 9.34. The Balaban J connectivity index is 1.46. The van der Waals surface area contributed by atoms with Gasteiger partial charge in [-0.3, -0.25) is 19.4 Å². The third kappa shape index (κ3) is 6.42. The lowest BCUT2D eigenvalue weighted by Crippen LogP contribution is -2.53. The number of aromatic nitrogens is 5. The summed E-state index contributed by atoms with van der Waals surface area (Å²) in [6.45, 7) is 6.29. The monoisotopic (exact) mass is 577 g/mol. The minimum absolute atomic E-state index is 0.00244. The lowest BCUT2D eigenvalue weighted by Gasteiger charge is -2.41. The lowest BCUT2D eigenvalue weighted by atomic mass is 9.66. The van der Waals surface area contributed by atoms with E-state index in [0.29, 0.717) is 47.3 Å². The molecule has 0 radical (unpaired) electrons. The molecule has 2 fully saturated rings. The van der Waals surface area contributed by atoms with Gasteiger partial charge in [0.05, 0.1) is 5.69 Å². The first-order valence-electron chi connectivity index (χ1n) is 15.8. The van der Waals surface area contributed by atoms with Crippen LogP contribution in [0.25, 0.3) is 11.1 Å². The molecule has 0 aliphatic heterocycles. The summed E-state index contributed by atoms with van der Waals surface area (Å²) in [5.41, 5.74) is 3.00. The summed E-state index contributed by atoms with van der Waals surface area (Å²) in [6, 6.07) is 4.18. The number of carbonyl (C=O) groups excluding carboxylic acids is 2. The highest BCUT2D eigenvalue weighted by Crippen LogP contribution is 2.42. The van der Waals surface area contributed by atoms with Crippen molar-refractivity contribution in [1.29, 1.82) is 0 Å². The van der Waals surface area contributed by atoms with Crippen molar-refractivity contribution in [1.82, 2.24) is 30.3 Å². The quantitative estimate of drug-likeness (QED) is 0.248. The molecule has 10 heteroatoms. The van der Waals surface area contributed by atoms with Crippen molar-refractivity contribution in [2.45, 2.75) is 104 Å². The molecule has 0 spiro atoms. The van der Waals surface area contributed by atoms with Gasteiger partial charge < -0.3 is 10.6 Å². The van der Waals surface area contributed by atoms with Crippen LogP contribution in [0.1, 0.15) is 99.9 Å². The molecule has 0 bridgehead atoms. The van der Waals surface area contributed by atoms with E-state index < -0.39 is 12.0 Å². The number of aryl methyl sites for hydroxylation is 3. The average molecular weight is 578 g/mol. The van der Waals surface area contributed by atoms with Gasteiger partial charge in [0, 0.05) is 29.6 Å². The van der Waals surface area contributed by atoms with Crippen LogP contribution in [-0.2, 0) is 17.8 Å². The molecule has 3 aromatic rings. The number of nitrogens with one attached hydrogen (secondary N) is 3. The second kappa shape index (κ2) is 13.6. The van der Waals surface area contributed by atoms with E-state index in [9.17, 15) is 9.59 Å². The zero-order chi connectivity index (χ0) is 29.6. The normalized spacial score (nSPS) is 17.4. The van der Waals surface area contributed by atoms with Gasteiger partial charge in [0.1, 0.15) is 17.6 Å². The number of pyridine rings is 1. The van der Waals surface area contributed by atoms with Crippen molar-refractivity contribution >= 4 is 17.6 Å².